The van der Waals surface area contributed by atoms with Crippen molar-refractivity contribution in [1.82, 2.24) is 30.6 Å². The van der Waals surface area contributed by atoms with Gasteiger partial charge in [-0.05, 0) is 23.8 Å². The maximum Gasteiger partial charge on any atom is 0.223 e. The minimum Gasteiger partial charge on any atom is -0.354 e. The molecule has 8 nitrogen and oxygen atoms in total. The van der Waals surface area contributed by atoms with Gasteiger partial charge in [0.15, 0.2) is 11.8 Å². The van der Waals surface area contributed by atoms with Crippen LogP contribution in [0.4, 0.5) is 0 Å². The van der Waals surface area contributed by atoms with Crippen molar-refractivity contribution >= 4 is 17.6 Å². The third-order valence-electron chi connectivity index (χ3n) is 3.77. The molecule has 2 heterocycles. The average Bonchev–Trinajstić information content (AvgIpc) is 3.31. The van der Waals surface area contributed by atoms with E-state index in [-0.39, 0.29) is 6.04 Å². The van der Waals surface area contributed by atoms with Crippen LogP contribution in [0.5, 0.6) is 0 Å². The van der Waals surface area contributed by atoms with Crippen molar-refractivity contribution in [3.63, 3.8) is 0 Å². The van der Waals surface area contributed by atoms with E-state index in [1.54, 1.807) is 20.2 Å². The Bertz CT molecular complexity index is 842. The lowest BCUT2D eigenvalue weighted by Gasteiger charge is -2.20. The van der Waals surface area contributed by atoms with Crippen molar-refractivity contribution in [1.29, 1.82) is 0 Å². The summed E-state index contributed by atoms with van der Waals surface area (Å²) in [5, 5.41) is 15.4. The van der Waals surface area contributed by atoms with Crippen LogP contribution in [0.2, 0.25) is 5.02 Å². The molecule has 2 aromatic heterocycles. The number of nitrogens with zero attached hydrogens (tertiary/aromatic N) is 5. The minimum atomic E-state index is -0.00626. The van der Waals surface area contributed by atoms with Gasteiger partial charge >= 0.3 is 0 Å². The number of halogens is 1. The Hall–Kier alpha value is -2.87. The third kappa shape index (κ3) is 4.60. The van der Waals surface area contributed by atoms with E-state index in [4.69, 9.17) is 16.1 Å². The summed E-state index contributed by atoms with van der Waals surface area (Å²) >= 11 is 6.01. The van der Waals surface area contributed by atoms with E-state index in [0.717, 1.165) is 5.56 Å². The van der Waals surface area contributed by atoms with Crippen LogP contribution in [-0.2, 0) is 6.54 Å². The quantitative estimate of drug-likeness (QED) is 0.508. The molecule has 0 aliphatic heterocycles. The fourth-order valence-corrected chi connectivity index (χ4v) is 2.63. The van der Waals surface area contributed by atoms with Crippen molar-refractivity contribution in [2.24, 2.45) is 4.99 Å². The molecule has 9 heteroatoms. The third-order valence-corrected chi connectivity index (χ3v) is 4.02. The molecule has 0 aliphatic carbocycles. The first-order valence-electron chi connectivity index (χ1n) is 8.14. The highest BCUT2D eigenvalue weighted by Crippen LogP contribution is 2.19. The predicted molar refractivity (Wildman–Crippen MR) is 99.1 cm³/mol. The maximum absolute atomic E-state index is 6.01. The predicted octanol–water partition coefficient (Wildman–Crippen LogP) is 2.18. The summed E-state index contributed by atoms with van der Waals surface area (Å²) in [7, 11) is 1.71. The molecule has 0 bridgehead atoms. The Morgan fingerprint density at radius 1 is 1.31 bits per heavy atom. The average molecular weight is 374 g/mol. The Morgan fingerprint density at radius 3 is 2.73 bits per heavy atom. The summed E-state index contributed by atoms with van der Waals surface area (Å²) < 4.78 is 6.86. The van der Waals surface area contributed by atoms with Gasteiger partial charge in [0.2, 0.25) is 5.89 Å². The Morgan fingerprint density at radius 2 is 2.12 bits per heavy atom. The molecule has 3 aromatic rings. The first kappa shape index (κ1) is 17.9. The van der Waals surface area contributed by atoms with Crippen LogP contribution < -0.4 is 10.6 Å². The zero-order valence-corrected chi connectivity index (χ0v) is 15.3. The van der Waals surface area contributed by atoms with E-state index >= 15 is 0 Å². The maximum atomic E-state index is 6.01. The summed E-state index contributed by atoms with van der Waals surface area (Å²) in [6.07, 6.45) is 3.69. The molecule has 0 aliphatic rings. The lowest BCUT2D eigenvalue weighted by Crippen LogP contribution is -2.40. The number of rotatable bonds is 6. The second kappa shape index (κ2) is 8.48. The van der Waals surface area contributed by atoms with Crippen molar-refractivity contribution in [3.8, 4) is 0 Å². The van der Waals surface area contributed by atoms with Crippen LogP contribution in [0.1, 0.15) is 23.3 Å². The van der Waals surface area contributed by atoms with Gasteiger partial charge in [-0.15, -0.1) is 0 Å². The van der Waals surface area contributed by atoms with E-state index < -0.39 is 0 Å². The Kier molecular flexibility index (Phi) is 5.85. The highest BCUT2D eigenvalue weighted by Gasteiger charge is 2.15. The molecule has 0 spiro atoms. The number of nitrogens with one attached hydrogen (secondary N) is 2. The molecule has 0 saturated carbocycles. The topological polar surface area (TPSA) is 93.2 Å². The fraction of sp³-hybridized carbons (Fsp3) is 0.294. The minimum absolute atomic E-state index is 0.00626. The molecule has 26 heavy (non-hydrogen) atoms. The molecule has 1 unspecified atom stereocenters. The number of hydrogen-bond acceptors (Lipinski definition) is 5. The molecule has 3 rings (SSSR count). The smallest absolute Gasteiger partial charge is 0.223 e. The molecule has 0 saturated heterocycles. The fourth-order valence-electron chi connectivity index (χ4n) is 2.50. The summed E-state index contributed by atoms with van der Waals surface area (Å²) in [4.78, 5) is 8.39. The molecular weight excluding hydrogens is 354 g/mol. The first-order chi connectivity index (χ1) is 12.7. The van der Waals surface area contributed by atoms with Crippen molar-refractivity contribution in [3.05, 3.63) is 65.0 Å². The second-order valence-electron chi connectivity index (χ2n) is 5.59. The lowest BCUT2D eigenvalue weighted by atomic mass is 10.1. The highest BCUT2D eigenvalue weighted by atomic mass is 35.5. The van der Waals surface area contributed by atoms with E-state index in [9.17, 15) is 0 Å². The number of aryl methyl sites for hydroxylation is 1. The van der Waals surface area contributed by atoms with Crippen LogP contribution in [0.25, 0.3) is 0 Å². The number of hydrogen-bond donors (Lipinski definition) is 2. The SMILES string of the molecule is CN=C(NCc1noc(C)n1)NCC(c1ccc(Cl)cc1)n1cccn1. The van der Waals surface area contributed by atoms with Crippen LogP contribution in [0.15, 0.2) is 52.2 Å². The molecule has 0 amide bonds. The number of aromatic nitrogens is 4. The van der Waals surface area contributed by atoms with Crippen LogP contribution in [0.3, 0.4) is 0 Å². The van der Waals surface area contributed by atoms with E-state index in [1.807, 2.05) is 41.2 Å². The van der Waals surface area contributed by atoms with Gasteiger partial charge in [0, 0.05) is 37.9 Å². The normalized spacial score (nSPS) is 12.8. The van der Waals surface area contributed by atoms with Gasteiger partial charge in [-0.1, -0.05) is 28.9 Å². The van der Waals surface area contributed by atoms with Gasteiger partial charge in [0.1, 0.15) is 0 Å². The van der Waals surface area contributed by atoms with E-state index in [0.29, 0.717) is 35.8 Å². The molecule has 136 valence electrons. The van der Waals surface area contributed by atoms with Gasteiger partial charge in [0.05, 0.1) is 12.6 Å². The molecule has 0 radical (unpaired) electrons. The Balaban J connectivity index is 1.65. The molecule has 0 fully saturated rings. The first-order valence-corrected chi connectivity index (χ1v) is 8.52. The number of benzene rings is 1. The number of aliphatic imine (C=N–C) groups is 1. The summed E-state index contributed by atoms with van der Waals surface area (Å²) in [6.45, 7) is 2.77. The summed E-state index contributed by atoms with van der Waals surface area (Å²) in [5.74, 6) is 1.75. The zero-order chi connectivity index (χ0) is 18.4. The standard InChI is InChI=1S/C17H20ClN7O/c1-12-23-16(24-26-12)11-21-17(19-2)20-10-15(25-9-3-8-22-25)13-4-6-14(18)7-5-13/h3-9,15H,10-11H2,1-2H3,(H2,19,20,21). The van der Waals surface area contributed by atoms with Crippen LogP contribution >= 0.6 is 11.6 Å². The largest absolute Gasteiger partial charge is 0.354 e. The summed E-state index contributed by atoms with van der Waals surface area (Å²) in [5.41, 5.74) is 1.09. The van der Waals surface area contributed by atoms with E-state index in [2.05, 4.69) is 30.9 Å². The van der Waals surface area contributed by atoms with Gasteiger partial charge in [0.25, 0.3) is 0 Å². The van der Waals surface area contributed by atoms with Crippen LogP contribution in [-0.4, -0.2) is 39.5 Å². The highest BCUT2D eigenvalue weighted by molar-refractivity contribution is 6.30. The van der Waals surface area contributed by atoms with Crippen LogP contribution in [0, 0.1) is 6.92 Å². The summed E-state index contributed by atoms with van der Waals surface area (Å²) in [6, 6.07) is 9.63. The monoisotopic (exact) mass is 373 g/mol. The van der Waals surface area contributed by atoms with Gasteiger partial charge in [-0.25, -0.2) is 0 Å². The van der Waals surface area contributed by atoms with Gasteiger partial charge < -0.3 is 15.2 Å². The lowest BCUT2D eigenvalue weighted by molar-refractivity contribution is 0.386. The zero-order valence-electron chi connectivity index (χ0n) is 14.6. The van der Waals surface area contributed by atoms with Gasteiger partial charge in [-0.2, -0.15) is 10.1 Å². The Labute approximate surface area is 156 Å². The van der Waals surface area contributed by atoms with E-state index in [1.165, 1.54) is 0 Å². The van der Waals surface area contributed by atoms with Gasteiger partial charge in [-0.3, -0.25) is 9.67 Å². The van der Waals surface area contributed by atoms with Crippen molar-refractivity contribution in [2.75, 3.05) is 13.6 Å². The number of guanidine groups is 1. The molecule has 2 N–H and O–H groups in total. The van der Waals surface area contributed by atoms with Crippen molar-refractivity contribution < 1.29 is 4.52 Å². The molecule has 1 aromatic carbocycles. The molecule has 1 atom stereocenters. The second-order valence-corrected chi connectivity index (χ2v) is 6.03. The van der Waals surface area contributed by atoms with Crippen molar-refractivity contribution in [2.45, 2.75) is 19.5 Å². The molecular formula is C17H20ClN7O.